The van der Waals surface area contributed by atoms with Crippen LogP contribution in [0.4, 0.5) is 5.13 Å². The Bertz CT molecular complexity index is 671. The Labute approximate surface area is 121 Å². The average molecular weight is 316 g/mol. The summed E-state index contributed by atoms with van der Waals surface area (Å²) in [6.45, 7) is 4.23. The van der Waals surface area contributed by atoms with Crippen LogP contribution in [0.25, 0.3) is 0 Å². The number of nitrogens with zero attached hydrogens (tertiary/aromatic N) is 3. The zero-order chi connectivity index (χ0) is 14.8. The molecule has 2 aromatic rings. The summed E-state index contributed by atoms with van der Waals surface area (Å²) in [4.78, 5) is 5.20. The molecule has 2 heterocycles. The van der Waals surface area contributed by atoms with E-state index in [1.807, 2.05) is 13.8 Å². The molecule has 2 N–H and O–H groups in total. The molecule has 0 atom stereocenters. The van der Waals surface area contributed by atoms with Crippen molar-refractivity contribution in [1.82, 2.24) is 14.8 Å². The van der Waals surface area contributed by atoms with Gasteiger partial charge in [-0.1, -0.05) is 0 Å². The van der Waals surface area contributed by atoms with Gasteiger partial charge in [0.2, 0.25) is 0 Å². The van der Waals surface area contributed by atoms with Gasteiger partial charge in [0.1, 0.15) is 4.90 Å². The average Bonchev–Trinajstić information content (AvgIpc) is 2.95. The van der Waals surface area contributed by atoms with Crippen molar-refractivity contribution in [2.75, 3.05) is 11.3 Å². The molecule has 0 saturated heterocycles. The van der Waals surface area contributed by atoms with Crippen LogP contribution < -0.4 is 4.72 Å². The van der Waals surface area contributed by atoms with E-state index in [1.54, 1.807) is 0 Å². The van der Waals surface area contributed by atoms with Gasteiger partial charge >= 0.3 is 0 Å². The van der Waals surface area contributed by atoms with Crippen molar-refractivity contribution in [2.24, 2.45) is 0 Å². The lowest BCUT2D eigenvalue weighted by Crippen LogP contribution is -2.12. The Kier molecular flexibility index (Phi) is 4.41. The van der Waals surface area contributed by atoms with E-state index in [2.05, 4.69) is 14.8 Å². The molecule has 0 fully saturated rings. The molecule has 0 amide bonds. The number of nitrogens with one attached hydrogen (secondary N) is 1. The number of aliphatic hydroxyl groups is 1. The molecule has 110 valence electrons. The molecule has 0 aliphatic carbocycles. The second kappa shape index (κ2) is 5.90. The molecule has 0 saturated carbocycles. The van der Waals surface area contributed by atoms with Crippen molar-refractivity contribution in [3.05, 3.63) is 23.0 Å². The lowest BCUT2D eigenvalue weighted by molar-refractivity contribution is 0.277. The van der Waals surface area contributed by atoms with Crippen molar-refractivity contribution < 1.29 is 13.5 Å². The third-order valence-electron chi connectivity index (χ3n) is 2.72. The van der Waals surface area contributed by atoms with E-state index >= 15 is 0 Å². The zero-order valence-electron chi connectivity index (χ0n) is 11.2. The first-order valence-corrected chi connectivity index (χ1v) is 8.32. The lowest BCUT2D eigenvalue weighted by Gasteiger charge is -2.01. The number of hydrogen-bond acceptors (Lipinski definition) is 6. The highest BCUT2D eigenvalue weighted by molar-refractivity contribution is 7.93. The largest absolute Gasteiger partial charge is 0.396 e. The Morgan fingerprint density at radius 1 is 1.45 bits per heavy atom. The van der Waals surface area contributed by atoms with Crippen LogP contribution in [0.15, 0.2) is 17.3 Å². The smallest absolute Gasteiger partial charge is 0.266 e. The van der Waals surface area contributed by atoms with Gasteiger partial charge in [-0.15, -0.1) is 11.3 Å². The number of thiazole rings is 1. The Morgan fingerprint density at radius 3 is 2.80 bits per heavy atom. The van der Waals surface area contributed by atoms with Gasteiger partial charge in [0.15, 0.2) is 5.13 Å². The number of aliphatic hydroxyl groups excluding tert-OH is 1. The fourth-order valence-electron chi connectivity index (χ4n) is 1.53. The number of rotatable bonds is 6. The molecule has 0 aromatic carbocycles. The van der Waals surface area contributed by atoms with E-state index < -0.39 is 10.0 Å². The highest BCUT2D eigenvalue weighted by Crippen LogP contribution is 2.23. The van der Waals surface area contributed by atoms with E-state index in [1.165, 1.54) is 28.4 Å². The number of hydrogen-bond donors (Lipinski definition) is 2. The molecule has 20 heavy (non-hydrogen) atoms. The minimum atomic E-state index is -3.67. The Balaban J connectivity index is 2.15. The summed E-state index contributed by atoms with van der Waals surface area (Å²) in [6, 6.07) is 0. The molecular formula is C11H16N4O3S2. The van der Waals surface area contributed by atoms with E-state index in [0.717, 1.165) is 10.6 Å². The molecule has 0 aliphatic heterocycles. The van der Waals surface area contributed by atoms with Gasteiger partial charge in [0, 0.05) is 24.2 Å². The maximum Gasteiger partial charge on any atom is 0.266 e. The minimum absolute atomic E-state index is 0.0395. The minimum Gasteiger partial charge on any atom is -0.396 e. The third kappa shape index (κ3) is 3.35. The van der Waals surface area contributed by atoms with Crippen LogP contribution in [-0.4, -0.2) is 34.9 Å². The quantitative estimate of drug-likeness (QED) is 0.833. The fraction of sp³-hybridized carbons (Fsp3) is 0.455. The summed E-state index contributed by atoms with van der Waals surface area (Å²) >= 11 is 1.29. The van der Waals surface area contributed by atoms with E-state index in [-0.39, 0.29) is 11.5 Å². The summed E-state index contributed by atoms with van der Waals surface area (Å²) in [6.07, 6.45) is 3.25. The SMILES string of the molecule is Cc1nc(NS(=O)(=O)c2cnn(CCCO)c2)sc1C. The summed E-state index contributed by atoms with van der Waals surface area (Å²) in [7, 11) is -3.67. The van der Waals surface area contributed by atoms with E-state index in [0.29, 0.717) is 18.1 Å². The monoisotopic (exact) mass is 316 g/mol. The summed E-state index contributed by atoms with van der Waals surface area (Å²) in [5.74, 6) is 0. The predicted molar refractivity (Wildman–Crippen MR) is 76.3 cm³/mol. The van der Waals surface area contributed by atoms with Gasteiger partial charge in [0.05, 0.1) is 11.9 Å². The zero-order valence-corrected chi connectivity index (χ0v) is 12.8. The molecule has 9 heteroatoms. The first-order valence-electron chi connectivity index (χ1n) is 6.02. The molecule has 0 unspecified atom stereocenters. The van der Waals surface area contributed by atoms with Crippen LogP contribution in [0.2, 0.25) is 0 Å². The van der Waals surface area contributed by atoms with Crippen LogP contribution in [0.5, 0.6) is 0 Å². The second-order valence-corrected chi connectivity index (χ2v) is 7.17. The van der Waals surface area contributed by atoms with Gasteiger partial charge in [0.25, 0.3) is 10.0 Å². The van der Waals surface area contributed by atoms with Crippen molar-refractivity contribution in [2.45, 2.75) is 31.7 Å². The number of aromatic nitrogens is 3. The highest BCUT2D eigenvalue weighted by Gasteiger charge is 2.18. The van der Waals surface area contributed by atoms with Gasteiger partial charge in [-0.05, 0) is 20.3 Å². The third-order valence-corrected chi connectivity index (χ3v) is 5.13. The second-order valence-electron chi connectivity index (χ2n) is 4.28. The van der Waals surface area contributed by atoms with Crippen LogP contribution in [0, 0.1) is 13.8 Å². The number of aryl methyl sites for hydroxylation is 3. The maximum absolute atomic E-state index is 12.2. The van der Waals surface area contributed by atoms with Gasteiger partial charge in [-0.25, -0.2) is 13.4 Å². The van der Waals surface area contributed by atoms with Crippen LogP contribution >= 0.6 is 11.3 Å². The topological polar surface area (TPSA) is 97.1 Å². The van der Waals surface area contributed by atoms with Crippen molar-refractivity contribution >= 4 is 26.5 Å². The maximum atomic E-state index is 12.2. The van der Waals surface area contributed by atoms with E-state index in [4.69, 9.17) is 5.11 Å². The van der Waals surface area contributed by atoms with Gasteiger partial charge in [-0.3, -0.25) is 9.40 Å². The summed E-state index contributed by atoms with van der Waals surface area (Å²) in [5.41, 5.74) is 0.811. The number of sulfonamides is 1. The van der Waals surface area contributed by atoms with Crippen LogP contribution in [0.1, 0.15) is 17.0 Å². The fourth-order valence-corrected chi connectivity index (χ4v) is 3.53. The molecule has 0 radical (unpaired) electrons. The van der Waals surface area contributed by atoms with Gasteiger partial charge in [-0.2, -0.15) is 5.10 Å². The van der Waals surface area contributed by atoms with Crippen molar-refractivity contribution in [3.8, 4) is 0 Å². The molecule has 0 aliphatic rings. The van der Waals surface area contributed by atoms with Crippen molar-refractivity contribution in [3.63, 3.8) is 0 Å². The predicted octanol–water partition coefficient (Wildman–Crippen LogP) is 1.14. The molecule has 0 spiro atoms. The molecule has 7 nitrogen and oxygen atoms in total. The van der Waals surface area contributed by atoms with Crippen molar-refractivity contribution in [1.29, 1.82) is 0 Å². The Morgan fingerprint density at radius 2 is 2.20 bits per heavy atom. The first-order chi connectivity index (χ1) is 9.42. The van der Waals surface area contributed by atoms with Crippen LogP contribution in [0.3, 0.4) is 0 Å². The molecule has 0 bridgehead atoms. The Hall–Kier alpha value is -1.45. The standard InChI is InChI=1S/C11H16N4O3S2/c1-8-9(2)19-11(13-8)14-20(17,18)10-6-12-15(7-10)4-3-5-16/h6-7,16H,3-5H2,1-2H3,(H,13,14). The first kappa shape index (κ1) is 14.9. The highest BCUT2D eigenvalue weighted by atomic mass is 32.2. The summed E-state index contributed by atoms with van der Waals surface area (Å²) < 4.78 is 28.3. The van der Waals surface area contributed by atoms with E-state index in [9.17, 15) is 8.42 Å². The van der Waals surface area contributed by atoms with Gasteiger partial charge < -0.3 is 5.11 Å². The number of anilines is 1. The molecular weight excluding hydrogens is 300 g/mol. The summed E-state index contributed by atoms with van der Waals surface area (Å²) in [5, 5.41) is 13.0. The normalized spacial score (nSPS) is 11.8. The molecule has 2 rings (SSSR count). The van der Waals surface area contributed by atoms with Crippen LogP contribution in [-0.2, 0) is 16.6 Å². The molecule has 2 aromatic heterocycles. The lowest BCUT2D eigenvalue weighted by atomic mass is 10.4.